The van der Waals surface area contributed by atoms with Crippen LogP contribution in [0.1, 0.15) is 51.5 Å². The number of nitrogens with one attached hydrogen (secondary N) is 1. The second kappa shape index (κ2) is 8.80. The summed E-state index contributed by atoms with van der Waals surface area (Å²) >= 11 is 0. The van der Waals surface area contributed by atoms with Gasteiger partial charge in [0.25, 0.3) is 0 Å². The van der Waals surface area contributed by atoms with Gasteiger partial charge in [-0.05, 0) is 49.3 Å². The summed E-state index contributed by atoms with van der Waals surface area (Å²) in [5.41, 5.74) is 9.37. The van der Waals surface area contributed by atoms with E-state index in [0.29, 0.717) is 6.42 Å². The Morgan fingerprint density at radius 1 is 1.35 bits per heavy atom. The summed E-state index contributed by atoms with van der Waals surface area (Å²) in [7, 11) is 0. The number of hydrogen-bond acceptors (Lipinski definition) is 3. The maximum atomic E-state index is 11.8. The fraction of sp³-hybridized carbons (Fsp3) is 0.632. The highest BCUT2D eigenvalue weighted by Crippen LogP contribution is 2.29. The predicted molar refractivity (Wildman–Crippen MR) is 97.7 cm³/mol. The number of anilines is 2. The van der Waals surface area contributed by atoms with Crippen molar-refractivity contribution in [1.29, 1.82) is 0 Å². The standard InChI is InChI=1S/C19H31N3O/c1-3-4-11-21-19(23)8-6-16-5-7-18(17(20)14-16)22-12-9-15(2)10-13-22/h5,7,14-15H,3-4,6,8-13,20H2,1-2H3,(H,21,23). The highest BCUT2D eigenvalue weighted by molar-refractivity contribution is 5.76. The quantitative estimate of drug-likeness (QED) is 0.599. The predicted octanol–water partition coefficient (Wildman–Crippen LogP) is 3.35. The molecule has 2 rings (SSSR count). The smallest absolute Gasteiger partial charge is 0.220 e. The third-order valence-electron chi connectivity index (χ3n) is 4.71. The van der Waals surface area contributed by atoms with Gasteiger partial charge in [0.1, 0.15) is 0 Å². The van der Waals surface area contributed by atoms with Gasteiger partial charge in [-0.2, -0.15) is 0 Å². The zero-order valence-corrected chi connectivity index (χ0v) is 14.6. The Morgan fingerprint density at radius 3 is 2.74 bits per heavy atom. The van der Waals surface area contributed by atoms with Crippen molar-refractivity contribution in [3.63, 3.8) is 0 Å². The third-order valence-corrected chi connectivity index (χ3v) is 4.71. The van der Waals surface area contributed by atoms with Crippen molar-refractivity contribution in [2.75, 3.05) is 30.3 Å². The molecule has 1 aromatic rings. The van der Waals surface area contributed by atoms with E-state index in [2.05, 4.69) is 36.2 Å². The Hall–Kier alpha value is -1.71. The first-order chi connectivity index (χ1) is 11.1. The van der Waals surface area contributed by atoms with Crippen LogP contribution in [0.3, 0.4) is 0 Å². The average molecular weight is 317 g/mol. The zero-order valence-electron chi connectivity index (χ0n) is 14.6. The van der Waals surface area contributed by atoms with E-state index in [-0.39, 0.29) is 5.91 Å². The van der Waals surface area contributed by atoms with Gasteiger partial charge in [-0.25, -0.2) is 0 Å². The van der Waals surface area contributed by atoms with Gasteiger partial charge in [0.2, 0.25) is 5.91 Å². The van der Waals surface area contributed by atoms with Crippen LogP contribution >= 0.6 is 0 Å². The lowest BCUT2D eigenvalue weighted by Gasteiger charge is -2.33. The van der Waals surface area contributed by atoms with Gasteiger partial charge in [-0.1, -0.05) is 26.3 Å². The highest BCUT2D eigenvalue weighted by Gasteiger charge is 2.17. The first-order valence-electron chi connectivity index (χ1n) is 9.00. The van der Waals surface area contributed by atoms with Gasteiger partial charge in [0.05, 0.1) is 11.4 Å². The van der Waals surface area contributed by atoms with E-state index in [1.807, 2.05) is 6.07 Å². The second-order valence-corrected chi connectivity index (χ2v) is 6.77. The lowest BCUT2D eigenvalue weighted by Crippen LogP contribution is -2.33. The summed E-state index contributed by atoms with van der Waals surface area (Å²) in [5, 5.41) is 2.96. The number of nitrogens with two attached hydrogens (primary N) is 1. The first-order valence-corrected chi connectivity index (χ1v) is 9.00. The summed E-state index contributed by atoms with van der Waals surface area (Å²) in [5.74, 6) is 0.948. The lowest BCUT2D eigenvalue weighted by atomic mass is 9.98. The topological polar surface area (TPSA) is 58.4 Å². The van der Waals surface area contributed by atoms with Crippen LogP contribution in [0.5, 0.6) is 0 Å². The molecular weight excluding hydrogens is 286 g/mol. The number of nitrogen functional groups attached to an aromatic ring is 1. The molecule has 4 heteroatoms. The molecule has 0 aliphatic carbocycles. The van der Waals surface area contributed by atoms with Crippen LogP contribution in [0, 0.1) is 5.92 Å². The molecule has 0 atom stereocenters. The Kier molecular flexibility index (Phi) is 6.75. The molecule has 1 aliphatic heterocycles. The van der Waals surface area contributed by atoms with Crippen LogP contribution in [-0.4, -0.2) is 25.5 Å². The normalized spacial score (nSPS) is 15.7. The molecule has 0 radical (unpaired) electrons. The van der Waals surface area contributed by atoms with E-state index < -0.39 is 0 Å². The summed E-state index contributed by atoms with van der Waals surface area (Å²) in [6.07, 6.45) is 5.90. The van der Waals surface area contributed by atoms with Crippen molar-refractivity contribution >= 4 is 17.3 Å². The molecule has 1 saturated heterocycles. The van der Waals surface area contributed by atoms with Crippen molar-refractivity contribution in [3.05, 3.63) is 23.8 Å². The molecule has 1 amide bonds. The van der Waals surface area contributed by atoms with Crippen LogP contribution in [0.4, 0.5) is 11.4 Å². The van der Waals surface area contributed by atoms with E-state index in [1.165, 1.54) is 12.8 Å². The number of carbonyl (C=O) groups is 1. The number of amides is 1. The monoisotopic (exact) mass is 317 g/mol. The number of piperidine rings is 1. The molecular formula is C19H31N3O. The molecule has 0 spiro atoms. The number of unbranched alkanes of at least 4 members (excludes halogenated alkanes) is 1. The minimum atomic E-state index is 0.131. The molecule has 0 saturated carbocycles. The fourth-order valence-corrected chi connectivity index (χ4v) is 3.05. The fourth-order valence-electron chi connectivity index (χ4n) is 3.05. The number of nitrogens with zero attached hydrogens (tertiary/aromatic N) is 1. The third kappa shape index (κ3) is 5.45. The van der Waals surface area contributed by atoms with E-state index in [1.54, 1.807) is 0 Å². The second-order valence-electron chi connectivity index (χ2n) is 6.77. The maximum Gasteiger partial charge on any atom is 0.220 e. The molecule has 1 fully saturated rings. The van der Waals surface area contributed by atoms with Crippen molar-refractivity contribution in [2.45, 2.75) is 52.4 Å². The van der Waals surface area contributed by atoms with E-state index in [0.717, 1.165) is 61.8 Å². The summed E-state index contributed by atoms with van der Waals surface area (Å²) in [4.78, 5) is 14.2. The van der Waals surface area contributed by atoms with Gasteiger partial charge < -0.3 is 16.0 Å². The van der Waals surface area contributed by atoms with Gasteiger partial charge in [0.15, 0.2) is 0 Å². The number of rotatable bonds is 7. The molecule has 23 heavy (non-hydrogen) atoms. The summed E-state index contributed by atoms with van der Waals surface area (Å²) in [6, 6.07) is 6.27. The minimum Gasteiger partial charge on any atom is -0.397 e. The van der Waals surface area contributed by atoms with Gasteiger partial charge in [-0.3, -0.25) is 4.79 Å². The molecule has 1 aromatic carbocycles. The average Bonchev–Trinajstić information content (AvgIpc) is 2.54. The van der Waals surface area contributed by atoms with Gasteiger partial charge >= 0.3 is 0 Å². The van der Waals surface area contributed by atoms with Crippen molar-refractivity contribution in [1.82, 2.24) is 5.32 Å². The molecule has 1 aliphatic rings. The molecule has 4 nitrogen and oxygen atoms in total. The maximum absolute atomic E-state index is 11.8. The van der Waals surface area contributed by atoms with E-state index >= 15 is 0 Å². The molecule has 0 aromatic heterocycles. The number of carbonyl (C=O) groups excluding carboxylic acids is 1. The van der Waals surface area contributed by atoms with Gasteiger partial charge in [0, 0.05) is 26.1 Å². The Morgan fingerprint density at radius 2 is 2.09 bits per heavy atom. The number of aryl methyl sites for hydroxylation is 1. The summed E-state index contributed by atoms with van der Waals surface area (Å²) in [6.45, 7) is 7.40. The van der Waals surface area contributed by atoms with Crippen LogP contribution in [0.25, 0.3) is 0 Å². The van der Waals surface area contributed by atoms with Crippen LogP contribution in [-0.2, 0) is 11.2 Å². The zero-order chi connectivity index (χ0) is 16.7. The van der Waals surface area contributed by atoms with E-state index in [4.69, 9.17) is 5.73 Å². The van der Waals surface area contributed by atoms with Crippen molar-refractivity contribution < 1.29 is 4.79 Å². The minimum absolute atomic E-state index is 0.131. The van der Waals surface area contributed by atoms with Gasteiger partial charge in [-0.15, -0.1) is 0 Å². The van der Waals surface area contributed by atoms with Crippen LogP contribution in [0.2, 0.25) is 0 Å². The molecule has 0 unspecified atom stereocenters. The lowest BCUT2D eigenvalue weighted by molar-refractivity contribution is -0.121. The largest absolute Gasteiger partial charge is 0.397 e. The van der Waals surface area contributed by atoms with Crippen LogP contribution in [0.15, 0.2) is 18.2 Å². The number of hydrogen-bond donors (Lipinski definition) is 2. The Bertz CT molecular complexity index is 507. The number of benzene rings is 1. The van der Waals surface area contributed by atoms with Crippen molar-refractivity contribution in [2.24, 2.45) is 5.92 Å². The van der Waals surface area contributed by atoms with Crippen molar-refractivity contribution in [3.8, 4) is 0 Å². The molecule has 1 heterocycles. The van der Waals surface area contributed by atoms with E-state index in [9.17, 15) is 4.79 Å². The Balaban J connectivity index is 1.85. The first kappa shape index (κ1) is 17.6. The van der Waals surface area contributed by atoms with Crippen LogP contribution < -0.4 is 16.0 Å². The molecule has 3 N–H and O–H groups in total. The summed E-state index contributed by atoms with van der Waals surface area (Å²) < 4.78 is 0. The molecule has 128 valence electrons. The Labute approximate surface area is 140 Å². The molecule has 0 bridgehead atoms. The SMILES string of the molecule is CCCCNC(=O)CCc1ccc(N2CCC(C)CC2)c(N)c1. The highest BCUT2D eigenvalue weighted by atomic mass is 16.1.